The lowest BCUT2D eigenvalue weighted by molar-refractivity contribution is 0.373. The van der Waals surface area contributed by atoms with Crippen molar-refractivity contribution < 1.29 is 13.2 Å². The van der Waals surface area contributed by atoms with Crippen LogP contribution in [0.2, 0.25) is 5.02 Å². The van der Waals surface area contributed by atoms with Crippen molar-refractivity contribution in [2.45, 2.75) is 12.6 Å². The molecule has 0 aromatic heterocycles. The average molecular weight is 307 g/mol. The highest BCUT2D eigenvalue weighted by molar-refractivity contribution is 8.00. The van der Waals surface area contributed by atoms with Gasteiger partial charge in [0.05, 0.1) is 5.55 Å². The molecule has 0 N–H and O–H groups in total. The van der Waals surface area contributed by atoms with Gasteiger partial charge in [-0.2, -0.15) is 8.78 Å². The summed E-state index contributed by atoms with van der Waals surface area (Å²) in [6.45, 7) is 0. The zero-order chi connectivity index (χ0) is 13.8. The molecule has 102 valence electrons. The molecular formula is C12H10ClF3N2S. The van der Waals surface area contributed by atoms with Crippen molar-refractivity contribution in [2.24, 2.45) is 9.36 Å². The van der Waals surface area contributed by atoms with Gasteiger partial charge in [-0.25, -0.2) is 8.75 Å². The fourth-order valence-electron chi connectivity index (χ4n) is 1.49. The van der Waals surface area contributed by atoms with E-state index in [1.54, 1.807) is 17.7 Å². The van der Waals surface area contributed by atoms with E-state index in [2.05, 4.69) is 9.36 Å². The number of halogens is 4. The van der Waals surface area contributed by atoms with Crippen molar-refractivity contribution in [1.29, 1.82) is 0 Å². The molecule has 7 heteroatoms. The molecular weight excluding hydrogens is 297 g/mol. The van der Waals surface area contributed by atoms with Gasteiger partial charge in [-0.05, 0) is 17.7 Å². The van der Waals surface area contributed by atoms with E-state index in [1.807, 2.05) is 12.1 Å². The highest BCUT2D eigenvalue weighted by Gasteiger charge is 2.15. The molecule has 2 unspecified atom stereocenters. The fraction of sp³-hybridized carbons (Fsp3) is 0.250. The largest absolute Gasteiger partial charge is 0.301 e. The second kappa shape index (κ2) is 6.34. The Kier molecular flexibility index (Phi) is 4.76. The summed E-state index contributed by atoms with van der Waals surface area (Å²) in [5.74, 6) is -1.15. The predicted octanol–water partition coefficient (Wildman–Crippen LogP) is 4.65. The van der Waals surface area contributed by atoms with Gasteiger partial charge < -0.3 is 0 Å². The Labute approximate surface area is 116 Å². The Morgan fingerprint density at radius 3 is 2.53 bits per heavy atom. The number of hydrogen-bond donors (Lipinski definition) is 0. The summed E-state index contributed by atoms with van der Waals surface area (Å²) >= 11 is 5.78. The molecule has 1 aliphatic heterocycles. The van der Waals surface area contributed by atoms with E-state index < -0.39 is 22.6 Å². The van der Waals surface area contributed by atoms with Gasteiger partial charge in [-0.15, -0.1) is 0 Å². The number of rotatable bonds is 4. The van der Waals surface area contributed by atoms with E-state index in [4.69, 9.17) is 11.6 Å². The molecule has 1 aromatic carbocycles. The van der Waals surface area contributed by atoms with Crippen LogP contribution < -0.4 is 0 Å². The Morgan fingerprint density at radius 2 is 1.89 bits per heavy atom. The van der Waals surface area contributed by atoms with Gasteiger partial charge in [-0.3, -0.25) is 4.99 Å². The lowest BCUT2D eigenvalue weighted by Gasteiger charge is -2.03. The van der Waals surface area contributed by atoms with Crippen molar-refractivity contribution in [3.05, 3.63) is 46.8 Å². The van der Waals surface area contributed by atoms with Gasteiger partial charge in [0.1, 0.15) is 0 Å². The minimum absolute atomic E-state index is 0.219. The van der Waals surface area contributed by atoms with Crippen molar-refractivity contribution in [2.75, 3.05) is 5.75 Å². The van der Waals surface area contributed by atoms with Gasteiger partial charge in [0.2, 0.25) is 0 Å². The van der Waals surface area contributed by atoms with Crippen LogP contribution in [0.1, 0.15) is 18.2 Å². The van der Waals surface area contributed by atoms with E-state index in [1.165, 1.54) is 0 Å². The molecule has 2 rings (SSSR count). The smallest absolute Gasteiger partial charge is 0.253 e. The number of nitrogens with zero attached hydrogens (tertiary/aromatic N) is 2. The van der Waals surface area contributed by atoms with Crippen LogP contribution in [0.4, 0.5) is 13.2 Å². The number of allylic oxidation sites excluding steroid dienone is 1. The third kappa shape index (κ3) is 3.91. The molecule has 2 atom stereocenters. The highest BCUT2D eigenvalue weighted by atomic mass is 35.5. The fourth-order valence-corrected chi connectivity index (χ4v) is 2.95. The first-order chi connectivity index (χ1) is 9.06. The van der Waals surface area contributed by atoms with Crippen molar-refractivity contribution in [3.8, 4) is 0 Å². The van der Waals surface area contributed by atoms with Crippen LogP contribution in [0.3, 0.4) is 0 Å². The van der Waals surface area contributed by atoms with E-state index in [9.17, 15) is 13.2 Å². The second-order valence-electron chi connectivity index (χ2n) is 3.81. The van der Waals surface area contributed by atoms with Crippen molar-refractivity contribution >= 4 is 27.8 Å². The molecule has 19 heavy (non-hydrogen) atoms. The van der Waals surface area contributed by atoms with Crippen LogP contribution >= 0.6 is 11.6 Å². The maximum atomic E-state index is 12.7. The van der Waals surface area contributed by atoms with Crippen LogP contribution in [0.5, 0.6) is 0 Å². The summed E-state index contributed by atoms with van der Waals surface area (Å²) in [6.07, 6.45) is -2.91. The summed E-state index contributed by atoms with van der Waals surface area (Å²) < 4.78 is 40.8. The van der Waals surface area contributed by atoms with Gasteiger partial charge in [0.15, 0.2) is 12.0 Å². The number of benzene rings is 1. The van der Waals surface area contributed by atoms with Crippen LogP contribution in [-0.4, -0.2) is 11.3 Å². The zero-order valence-corrected chi connectivity index (χ0v) is 11.3. The Balaban J connectivity index is 2.00. The molecule has 0 radical (unpaired) electrons. The van der Waals surface area contributed by atoms with E-state index in [0.717, 1.165) is 5.56 Å². The summed E-state index contributed by atoms with van der Waals surface area (Å²) in [7, 11) is -0.607. The third-order valence-corrected chi connectivity index (χ3v) is 4.17. The first-order valence-corrected chi connectivity index (χ1v) is 7.24. The molecule has 0 saturated heterocycles. The Hall–Kier alpha value is -1.14. The second-order valence-corrected chi connectivity index (χ2v) is 5.87. The SMILES string of the molecule is FC(F)=C(F)CCS1=NC(c2ccc(Cl)cc2)N=C1. The topological polar surface area (TPSA) is 24.7 Å². The Bertz CT molecular complexity index is 551. The standard InChI is InChI=1S/C12H10ClF3N2S/c13-9-3-1-8(2-4-9)12-17-7-19(18-12)6-5-10(14)11(15)16/h1-4,7,12H,5-6H2. The average Bonchev–Trinajstić information content (AvgIpc) is 2.85. The minimum Gasteiger partial charge on any atom is -0.253 e. The molecule has 0 saturated carbocycles. The molecule has 1 aliphatic rings. The molecule has 0 spiro atoms. The van der Waals surface area contributed by atoms with Crippen LogP contribution in [0.15, 0.2) is 45.5 Å². The number of hydrogen-bond acceptors (Lipinski definition) is 2. The first-order valence-electron chi connectivity index (χ1n) is 5.45. The molecule has 2 nitrogen and oxygen atoms in total. The zero-order valence-electron chi connectivity index (χ0n) is 9.69. The molecule has 1 heterocycles. The van der Waals surface area contributed by atoms with E-state index >= 15 is 0 Å². The lowest BCUT2D eigenvalue weighted by Crippen LogP contribution is -1.96. The summed E-state index contributed by atoms with van der Waals surface area (Å²) in [5.41, 5.74) is 2.48. The van der Waals surface area contributed by atoms with Gasteiger partial charge >= 0.3 is 6.08 Å². The molecule has 0 fully saturated rings. The number of aliphatic imine (C=N–C) groups is 1. The normalized spacial score (nSPS) is 21.3. The summed E-state index contributed by atoms with van der Waals surface area (Å²) in [5, 5.41) is 0.621. The molecule has 0 aliphatic carbocycles. The highest BCUT2D eigenvalue weighted by Crippen LogP contribution is 2.25. The van der Waals surface area contributed by atoms with Crippen LogP contribution in [0, 0.1) is 0 Å². The minimum atomic E-state index is -2.26. The maximum absolute atomic E-state index is 12.7. The van der Waals surface area contributed by atoms with Crippen LogP contribution in [-0.2, 0) is 10.7 Å². The first kappa shape index (κ1) is 14.3. The predicted molar refractivity (Wildman–Crippen MR) is 72.3 cm³/mol. The maximum Gasteiger partial charge on any atom is 0.301 e. The lowest BCUT2D eigenvalue weighted by atomic mass is 10.2. The molecule has 1 aromatic rings. The third-order valence-electron chi connectivity index (χ3n) is 2.46. The van der Waals surface area contributed by atoms with Crippen molar-refractivity contribution in [3.63, 3.8) is 0 Å². The summed E-state index contributed by atoms with van der Waals surface area (Å²) in [6, 6.07) is 7.09. The van der Waals surface area contributed by atoms with Gasteiger partial charge in [0.25, 0.3) is 0 Å². The van der Waals surface area contributed by atoms with Crippen LogP contribution in [0.25, 0.3) is 0 Å². The monoisotopic (exact) mass is 306 g/mol. The van der Waals surface area contributed by atoms with E-state index in [0.29, 0.717) is 5.02 Å². The summed E-state index contributed by atoms with van der Waals surface area (Å²) in [4.78, 5) is 4.19. The van der Waals surface area contributed by atoms with E-state index in [-0.39, 0.29) is 18.3 Å². The quantitative estimate of drug-likeness (QED) is 0.773. The molecule has 0 amide bonds. The van der Waals surface area contributed by atoms with Crippen molar-refractivity contribution in [1.82, 2.24) is 0 Å². The van der Waals surface area contributed by atoms with Gasteiger partial charge in [0, 0.05) is 17.2 Å². The molecule has 0 bridgehead atoms. The Morgan fingerprint density at radius 1 is 1.21 bits per heavy atom. The van der Waals surface area contributed by atoms with Gasteiger partial charge in [-0.1, -0.05) is 34.4 Å².